The molecule has 1 aromatic carbocycles. The summed E-state index contributed by atoms with van der Waals surface area (Å²) in [5.74, 6) is -0.532. The largest absolute Gasteiger partial charge is 0.505 e. The minimum absolute atomic E-state index is 0.0270. The van der Waals surface area contributed by atoms with Gasteiger partial charge in [0.25, 0.3) is 11.7 Å². The number of hydrogen-bond acceptors (Lipinski definition) is 8. The molecule has 2 fully saturated rings. The molecular formula is C33H42N4O6. The van der Waals surface area contributed by atoms with Crippen LogP contribution < -0.4 is 9.47 Å². The number of fused-ring (bicyclic) bond motifs is 1. The van der Waals surface area contributed by atoms with Crippen molar-refractivity contribution < 1.29 is 28.9 Å². The van der Waals surface area contributed by atoms with Crippen LogP contribution in [-0.2, 0) is 14.3 Å². The van der Waals surface area contributed by atoms with Crippen LogP contribution in [0.15, 0.2) is 42.1 Å². The van der Waals surface area contributed by atoms with E-state index in [1.54, 1.807) is 18.1 Å². The number of rotatable bonds is 12. The van der Waals surface area contributed by atoms with Crippen molar-refractivity contribution in [1.29, 1.82) is 0 Å². The Balaban J connectivity index is 1.54. The Morgan fingerprint density at radius 1 is 1.07 bits per heavy atom. The average molecular weight is 591 g/mol. The maximum Gasteiger partial charge on any atom is 0.295 e. The maximum absolute atomic E-state index is 13.7. The number of methoxy groups -OCH3 is 1. The van der Waals surface area contributed by atoms with Crippen molar-refractivity contribution in [3.63, 3.8) is 0 Å². The maximum atomic E-state index is 13.7. The lowest BCUT2D eigenvalue weighted by Gasteiger charge is -2.29. The molecule has 10 nitrogen and oxygen atoms in total. The molecule has 2 aliphatic rings. The fraction of sp³-hybridized carbons (Fsp3) is 0.485. The molecule has 3 aromatic rings. The van der Waals surface area contributed by atoms with E-state index in [-0.39, 0.29) is 17.0 Å². The molecule has 10 heteroatoms. The van der Waals surface area contributed by atoms with Gasteiger partial charge in [0, 0.05) is 32.4 Å². The zero-order valence-corrected chi connectivity index (χ0v) is 25.6. The molecule has 4 heterocycles. The molecule has 2 aliphatic heterocycles. The second kappa shape index (κ2) is 13.6. The first-order chi connectivity index (χ1) is 20.8. The highest BCUT2D eigenvalue weighted by Crippen LogP contribution is 2.42. The monoisotopic (exact) mass is 590 g/mol. The number of benzene rings is 1. The third kappa shape index (κ3) is 6.26. The summed E-state index contributed by atoms with van der Waals surface area (Å²) in [5.41, 5.74) is 3.27. The normalized spacial score (nSPS) is 19.0. The van der Waals surface area contributed by atoms with Crippen molar-refractivity contribution in [2.45, 2.75) is 52.5 Å². The molecule has 0 spiro atoms. The lowest BCUT2D eigenvalue weighted by Crippen LogP contribution is -2.39. The van der Waals surface area contributed by atoms with Crippen molar-refractivity contribution in [3.05, 3.63) is 64.6 Å². The van der Waals surface area contributed by atoms with Gasteiger partial charge in [-0.15, -0.1) is 0 Å². The number of hydrogen-bond donors (Lipinski definition) is 1. The summed E-state index contributed by atoms with van der Waals surface area (Å²) in [4.78, 5) is 35.8. The third-order valence-corrected chi connectivity index (χ3v) is 8.33. The number of aliphatic hydroxyl groups is 1. The van der Waals surface area contributed by atoms with Crippen LogP contribution in [0.3, 0.4) is 0 Å². The number of aryl methyl sites for hydroxylation is 2. The second-order valence-electron chi connectivity index (χ2n) is 11.2. The minimum atomic E-state index is -0.807. The molecule has 2 saturated heterocycles. The Hall–Kier alpha value is -3.89. The third-order valence-electron chi connectivity index (χ3n) is 8.33. The van der Waals surface area contributed by atoms with Crippen molar-refractivity contribution in [2.24, 2.45) is 0 Å². The number of ketones is 1. The Morgan fingerprint density at radius 2 is 1.86 bits per heavy atom. The highest BCUT2D eigenvalue weighted by Gasteiger charge is 2.46. The summed E-state index contributed by atoms with van der Waals surface area (Å²) in [6, 6.07) is 8.50. The molecule has 43 heavy (non-hydrogen) atoms. The van der Waals surface area contributed by atoms with Gasteiger partial charge in [-0.25, -0.2) is 4.98 Å². The van der Waals surface area contributed by atoms with E-state index in [2.05, 4.69) is 11.8 Å². The van der Waals surface area contributed by atoms with Gasteiger partial charge in [0.1, 0.15) is 11.3 Å². The van der Waals surface area contributed by atoms with Crippen LogP contribution in [0.25, 0.3) is 11.4 Å². The number of carbonyl (C=O) groups excluding carboxylic acids is 2. The Labute approximate surface area is 252 Å². The molecular weight excluding hydrogens is 548 g/mol. The number of unbranched alkanes of at least 4 members (excludes halogenated alkanes) is 2. The summed E-state index contributed by atoms with van der Waals surface area (Å²) < 4.78 is 19.0. The molecule has 1 N–H and O–H groups in total. The molecule has 1 atom stereocenters. The number of carbonyl (C=O) groups is 2. The second-order valence-corrected chi connectivity index (χ2v) is 11.2. The van der Waals surface area contributed by atoms with Gasteiger partial charge in [-0.3, -0.25) is 14.5 Å². The zero-order valence-electron chi connectivity index (χ0n) is 25.6. The van der Waals surface area contributed by atoms with Crippen LogP contribution in [0.2, 0.25) is 0 Å². The SMILES string of the molecule is CCCCCOc1ccc(C2C(=C(O)c3nc4c(C)cccn4c3C)C(=O)C(=O)N2CCCN2CCOCC2)cc1OC. The highest BCUT2D eigenvalue weighted by atomic mass is 16.5. The van der Waals surface area contributed by atoms with Crippen molar-refractivity contribution in [2.75, 3.05) is 53.1 Å². The van der Waals surface area contributed by atoms with Gasteiger partial charge in [0.15, 0.2) is 17.3 Å². The number of morpholine rings is 1. The lowest BCUT2D eigenvalue weighted by molar-refractivity contribution is -0.140. The van der Waals surface area contributed by atoms with Crippen LogP contribution >= 0.6 is 0 Å². The Morgan fingerprint density at radius 3 is 2.58 bits per heavy atom. The number of aromatic nitrogens is 2. The van der Waals surface area contributed by atoms with Crippen LogP contribution in [0.1, 0.15) is 61.2 Å². The van der Waals surface area contributed by atoms with Gasteiger partial charge in [0.05, 0.1) is 44.2 Å². The Bertz CT molecular complexity index is 1510. The molecule has 1 unspecified atom stereocenters. The molecule has 0 radical (unpaired) electrons. The van der Waals surface area contributed by atoms with E-state index in [1.165, 1.54) is 0 Å². The van der Waals surface area contributed by atoms with Gasteiger partial charge in [-0.2, -0.15) is 0 Å². The van der Waals surface area contributed by atoms with Crippen molar-refractivity contribution in [3.8, 4) is 11.5 Å². The molecule has 0 bridgehead atoms. The van der Waals surface area contributed by atoms with E-state index >= 15 is 0 Å². The number of imidazole rings is 1. The van der Waals surface area contributed by atoms with E-state index in [0.29, 0.717) is 61.2 Å². The van der Waals surface area contributed by atoms with Crippen LogP contribution in [0.5, 0.6) is 11.5 Å². The number of pyridine rings is 1. The van der Waals surface area contributed by atoms with E-state index in [9.17, 15) is 14.7 Å². The van der Waals surface area contributed by atoms with Gasteiger partial charge >= 0.3 is 0 Å². The summed E-state index contributed by atoms with van der Waals surface area (Å²) >= 11 is 0. The highest BCUT2D eigenvalue weighted by molar-refractivity contribution is 6.46. The van der Waals surface area contributed by atoms with Crippen molar-refractivity contribution >= 4 is 23.1 Å². The number of aliphatic hydroxyl groups excluding tert-OH is 1. The first kappa shape index (κ1) is 30.6. The molecule has 1 amide bonds. The van der Waals surface area contributed by atoms with Gasteiger partial charge in [-0.05, 0) is 56.0 Å². The van der Waals surface area contributed by atoms with Gasteiger partial charge in [0.2, 0.25) is 0 Å². The molecule has 2 aromatic heterocycles. The summed E-state index contributed by atoms with van der Waals surface area (Å²) in [5, 5.41) is 11.7. The van der Waals surface area contributed by atoms with Crippen LogP contribution in [-0.4, -0.2) is 89.1 Å². The predicted octanol–water partition coefficient (Wildman–Crippen LogP) is 4.67. The smallest absolute Gasteiger partial charge is 0.295 e. The fourth-order valence-corrected chi connectivity index (χ4v) is 5.93. The number of Topliss-reactive ketones (excluding diaryl/α,β-unsaturated/α-hetero) is 1. The zero-order chi connectivity index (χ0) is 30.5. The first-order valence-electron chi connectivity index (χ1n) is 15.2. The van der Waals surface area contributed by atoms with Crippen molar-refractivity contribution in [1.82, 2.24) is 19.2 Å². The fourth-order valence-electron chi connectivity index (χ4n) is 5.93. The average Bonchev–Trinajstić information content (AvgIpc) is 3.49. The van der Waals surface area contributed by atoms with E-state index in [1.807, 2.05) is 48.7 Å². The summed E-state index contributed by atoms with van der Waals surface area (Å²) in [6.45, 7) is 10.7. The lowest BCUT2D eigenvalue weighted by atomic mass is 9.96. The predicted molar refractivity (Wildman–Crippen MR) is 164 cm³/mol. The van der Waals surface area contributed by atoms with Gasteiger partial charge in [-0.1, -0.05) is 31.9 Å². The summed E-state index contributed by atoms with van der Waals surface area (Å²) in [6.07, 6.45) is 5.64. The van der Waals surface area contributed by atoms with E-state index < -0.39 is 17.7 Å². The molecule has 5 rings (SSSR count). The van der Waals surface area contributed by atoms with E-state index in [4.69, 9.17) is 19.2 Å². The number of nitrogens with zero attached hydrogens (tertiary/aromatic N) is 4. The Kier molecular flexibility index (Phi) is 9.67. The molecule has 230 valence electrons. The number of amides is 1. The van der Waals surface area contributed by atoms with E-state index in [0.717, 1.165) is 44.5 Å². The molecule has 0 aliphatic carbocycles. The standard InChI is InChI=1S/C33H42N4O6/c1-5-6-7-18-43-25-12-11-24(21-26(25)41-4)29-27(30(38)28-23(3)36-14-8-10-22(2)32(36)34-28)31(39)33(40)37(29)15-9-13-35-16-19-42-20-17-35/h8,10-12,14,21,29,38H,5-7,9,13,15-20H2,1-4H3. The number of ether oxygens (including phenoxy) is 3. The van der Waals surface area contributed by atoms with Gasteiger partial charge < -0.3 is 28.6 Å². The van der Waals surface area contributed by atoms with Crippen LogP contribution in [0, 0.1) is 13.8 Å². The minimum Gasteiger partial charge on any atom is -0.505 e. The quantitative estimate of drug-likeness (QED) is 0.140. The first-order valence-corrected chi connectivity index (χ1v) is 15.2. The topological polar surface area (TPSA) is 106 Å². The summed E-state index contributed by atoms with van der Waals surface area (Å²) in [7, 11) is 1.57. The number of likely N-dealkylation sites (tertiary alicyclic amines) is 1. The molecule has 0 saturated carbocycles. The van der Waals surface area contributed by atoms with Crippen LogP contribution in [0.4, 0.5) is 0 Å².